The molecule has 5 heteroatoms. The van der Waals surface area contributed by atoms with Crippen LogP contribution in [0.1, 0.15) is 0 Å². The van der Waals surface area contributed by atoms with Crippen LogP contribution >= 0.6 is 11.3 Å². The number of benzene rings is 9. The van der Waals surface area contributed by atoms with Crippen molar-refractivity contribution in [1.29, 1.82) is 0 Å². The maximum atomic E-state index is 6.69. The van der Waals surface area contributed by atoms with Crippen LogP contribution in [0.15, 0.2) is 203 Å². The van der Waals surface area contributed by atoms with Crippen LogP contribution in [-0.2, 0) is 0 Å². The lowest BCUT2D eigenvalue weighted by Gasteiger charge is -2.26. The fraction of sp³-hybridized carbons (Fsp3) is 0. The highest BCUT2D eigenvalue weighted by molar-refractivity contribution is 7.22. The van der Waals surface area contributed by atoms with Crippen LogP contribution in [0.4, 0.5) is 17.1 Å². The predicted molar refractivity (Wildman–Crippen MR) is 243 cm³/mol. The molecule has 0 saturated carbocycles. The molecule has 0 aliphatic heterocycles. The van der Waals surface area contributed by atoms with E-state index < -0.39 is 0 Å². The molecule has 58 heavy (non-hydrogen) atoms. The molecule has 0 atom stereocenters. The zero-order valence-corrected chi connectivity index (χ0v) is 31.9. The van der Waals surface area contributed by atoms with Crippen LogP contribution in [-0.4, -0.2) is 4.98 Å². The molecule has 272 valence electrons. The summed E-state index contributed by atoms with van der Waals surface area (Å²) in [7, 11) is 0. The van der Waals surface area contributed by atoms with E-state index in [2.05, 4.69) is 175 Å². The zero-order valence-electron chi connectivity index (χ0n) is 31.1. The van der Waals surface area contributed by atoms with Crippen LogP contribution < -0.4 is 4.90 Å². The number of hydrogen-bond donors (Lipinski definition) is 0. The summed E-state index contributed by atoms with van der Waals surface area (Å²) in [5, 5.41) is 7.84. The Bertz CT molecular complexity index is 3500. The number of aromatic nitrogens is 1. The van der Waals surface area contributed by atoms with Crippen molar-refractivity contribution < 1.29 is 8.83 Å². The number of furan rings is 2. The minimum absolute atomic E-state index is 0.853. The predicted octanol–water partition coefficient (Wildman–Crippen LogP) is 15.7. The minimum Gasteiger partial charge on any atom is -0.456 e. The van der Waals surface area contributed by atoms with Gasteiger partial charge < -0.3 is 13.7 Å². The van der Waals surface area contributed by atoms with Gasteiger partial charge in [-0.05, 0) is 82.1 Å². The van der Waals surface area contributed by atoms with Gasteiger partial charge in [0, 0.05) is 38.7 Å². The maximum Gasteiger partial charge on any atom is 0.144 e. The fourth-order valence-electron chi connectivity index (χ4n) is 8.62. The third-order valence-electron chi connectivity index (χ3n) is 11.3. The average Bonchev–Trinajstić information content (AvgIpc) is 4.01. The highest BCUT2D eigenvalue weighted by Crippen LogP contribution is 2.47. The SMILES string of the molecule is c1ccc(-c2nc3cc(-c4ccc(N(c5ccc(-c6cccc7ccccc67)cc5)c5cccc6oc7ccccc7c56)cc4)c4oc5ccccc5c4c3s2)cc1. The number of nitrogens with zero attached hydrogens (tertiary/aromatic N) is 2. The van der Waals surface area contributed by atoms with Gasteiger partial charge in [-0.3, -0.25) is 0 Å². The Kier molecular flexibility index (Phi) is 7.37. The van der Waals surface area contributed by atoms with Crippen molar-refractivity contribution in [3.05, 3.63) is 194 Å². The van der Waals surface area contributed by atoms with Crippen LogP contribution in [0, 0.1) is 0 Å². The molecule has 0 N–H and O–H groups in total. The molecule has 3 heterocycles. The highest BCUT2D eigenvalue weighted by atomic mass is 32.1. The van der Waals surface area contributed by atoms with Gasteiger partial charge in [-0.25, -0.2) is 4.98 Å². The number of anilines is 3. The van der Waals surface area contributed by atoms with Crippen molar-refractivity contribution in [3.63, 3.8) is 0 Å². The molecule has 3 aromatic heterocycles. The van der Waals surface area contributed by atoms with Gasteiger partial charge in [-0.2, -0.15) is 0 Å². The quantitative estimate of drug-likeness (QED) is 0.169. The Morgan fingerprint density at radius 1 is 0.431 bits per heavy atom. The summed E-state index contributed by atoms with van der Waals surface area (Å²) < 4.78 is 14.2. The standard InChI is InChI=1S/C53H32N2O2S/c1-2-13-36(14-3-1)53-54-44-32-43(51-50(52(44)58-53)42-18-7-9-22-47(42)57-51)35-26-30-38(31-27-35)55(45-20-11-23-48-49(45)41-17-6-8-21-46(41)56-48)37-28-24-34(25-29-37)40-19-10-15-33-12-4-5-16-39(33)40/h1-32H. The highest BCUT2D eigenvalue weighted by Gasteiger charge is 2.22. The second-order valence-corrected chi connectivity index (χ2v) is 15.7. The van der Waals surface area contributed by atoms with Gasteiger partial charge >= 0.3 is 0 Å². The van der Waals surface area contributed by atoms with Crippen LogP contribution in [0.2, 0.25) is 0 Å². The number of thiazole rings is 1. The molecule has 4 nitrogen and oxygen atoms in total. The first-order chi connectivity index (χ1) is 28.7. The van der Waals surface area contributed by atoms with E-state index in [9.17, 15) is 0 Å². The minimum atomic E-state index is 0.853. The monoisotopic (exact) mass is 760 g/mol. The van der Waals surface area contributed by atoms with E-state index in [1.807, 2.05) is 24.3 Å². The summed E-state index contributed by atoms with van der Waals surface area (Å²) in [4.78, 5) is 7.53. The van der Waals surface area contributed by atoms with Crippen molar-refractivity contribution in [2.45, 2.75) is 0 Å². The first kappa shape index (κ1) is 32.7. The largest absolute Gasteiger partial charge is 0.456 e. The second-order valence-electron chi connectivity index (χ2n) is 14.7. The van der Waals surface area contributed by atoms with Crippen molar-refractivity contribution in [2.75, 3.05) is 4.90 Å². The fourth-order valence-corrected chi connectivity index (χ4v) is 9.72. The third-order valence-corrected chi connectivity index (χ3v) is 12.4. The molecule has 0 saturated heterocycles. The van der Waals surface area contributed by atoms with E-state index in [4.69, 9.17) is 13.8 Å². The molecule has 0 bridgehead atoms. The Morgan fingerprint density at radius 3 is 1.78 bits per heavy atom. The number of para-hydroxylation sites is 2. The molecule has 0 radical (unpaired) electrons. The smallest absolute Gasteiger partial charge is 0.144 e. The summed E-state index contributed by atoms with van der Waals surface area (Å²) in [6, 6.07) is 68.4. The molecular formula is C53H32N2O2S. The topological polar surface area (TPSA) is 42.4 Å². The zero-order chi connectivity index (χ0) is 38.2. The molecule has 12 rings (SSSR count). The molecule has 0 unspecified atom stereocenters. The van der Waals surface area contributed by atoms with Gasteiger partial charge in [0.2, 0.25) is 0 Å². The molecule has 9 aromatic carbocycles. The van der Waals surface area contributed by atoms with E-state index in [1.165, 1.54) is 21.9 Å². The normalized spacial score (nSPS) is 11.8. The van der Waals surface area contributed by atoms with Gasteiger partial charge in [0.25, 0.3) is 0 Å². The third kappa shape index (κ3) is 5.18. The van der Waals surface area contributed by atoms with Crippen molar-refractivity contribution in [3.8, 4) is 32.8 Å². The molecule has 0 spiro atoms. The summed E-state index contributed by atoms with van der Waals surface area (Å²) in [5.74, 6) is 0. The summed E-state index contributed by atoms with van der Waals surface area (Å²) in [6.45, 7) is 0. The molecular weight excluding hydrogens is 729 g/mol. The molecule has 0 aliphatic carbocycles. The van der Waals surface area contributed by atoms with Gasteiger partial charge in [-0.1, -0.05) is 140 Å². The summed E-state index contributed by atoms with van der Waals surface area (Å²) in [5.41, 5.74) is 13.1. The van der Waals surface area contributed by atoms with Crippen molar-refractivity contribution in [1.82, 2.24) is 4.98 Å². The van der Waals surface area contributed by atoms with Gasteiger partial charge in [0.15, 0.2) is 0 Å². The average molecular weight is 761 g/mol. The Balaban J connectivity index is 1.03. The van der Waals surface area contributed by atoms with Crippen molar-refractivity contribution >= 4 is 93.3 Å². The molecule has 12 aromatic rings. The summed E-state index contributed by atoms with van der Waals surface area (Å²) in [6.07, 6.45) is 0. The van der Waals surface area contributed by atoms with Gasteiger partial charge in [-0.15, -0.1) is 11.3 Å². The van der Waals surface area contributed by atoms with E-state index in [0.717, 1.165) is 92.9 Å². The van der Waals surface area contributed by atoms with Crippen LogP contribution in [0.5, 0.6) is 0 Å². The summed E-state index contributed by atoms with van der Waals surface area (Å²) >= 11 is 1.72. The lowest BCUT2D eigenvalue weighted by atomic mass is 9.98. The number of fused-ring (bicyclic) bond motifs is 9. The number of hydrogen-bond acceptors (Lipinski definition) is 5. The van der Waals surface area contributed by atoms with E-state index >= 15 is 0 Å². The van der Waals surface area contributed by atoms with Crippen LogP contribution in [0.3, 0.4) is 0 Å². The van der Waals surface area contributed by atoms with E-state index in [0.29, 0.717) is 0 Å². The molecule has 0 amide bonds. The Labute approximate surface area is 337 Å². The van der Waals surface area contributed by atoms with Crippen molar-refractivity contribution in [2.24, 2.45) is 0 Å². The molecule has 0 aliphatic rings. The molecule has 0 fully saturated rings. The van der Waals surface area contributed by atoms with Gasteiger partial charge in [0.1, 0.15) is 27.3 Å². The second kappa shape index (κ2) is 13.1. The Morgan fingerprint density at radius 2 is 1.02 bits per heavy atom. The van der Waals surface area contributed by atoms with Crippen LogP contribution in [0.25, 0.3) is 97.7 Å². The lowest BCUT2D eigenvalue weighted by molar-refractivity contribution is 0.669. The van der Waals surface area contributed by atoms with Gasteiger partial charge in [0.05, 0.1) is 21.3 Å². The first-order valence-corrected chi connectivity index (χ1v) is 20.3. The van der Waals surface area contributed by atoms with E-state index in [1.54, 1.807) is 11.3 Å². The lowest BCUT2D eigenvalue weighted by Crippen LogP contribution is -2.10. The van der Waals surface area contributed by atoms with E-state index in [-0.39, 0.29) is 0 Å². The first-order valence-electron chi connectivity index (χ1n) is 19.4. The maximum absolute atomic E-state index is 6.69. The Hall–Kier alpha value is -7.47. The number of rotatable bonds is 6.